The highest BCUT2D eigenvalue weighted by Crippen LogP contribution is 2.15. The number of hydrogen-bond donors (Lipinski definition) is 2. The Labute approximate surface area is 120 Å². The number of nitrogens with one attached hydrogen (secondary N) is 1. The maximum atomic E-state index is 11.1. The van der Waals surface area contributed by atoms with Gasteiger partial charge in [0, 0.05) is 18.7 Å². The molecule has 20 heavy (non-hydrogen) atoms. The summed E-state index contributed by atoms with van der Waals surface area (Å²) in [5.74, 6) is -0.373. The van der Waals surface area contributed by atoms with Crippen LogP contribution in [0.1, 0.15) is 47.2 Å². The number of ether oxygens (including phenoxy) is 1. The van der Waals surface area contributed by atoms with Crippen molar-refractivity contribution in [3.05, 3.63) is 34.9 Å². The molecule has 1 aliphatic rings. The number of primary amides is 1. The van der Waals surface area contributed by atoms with Gasteiger partial charge in [-0.3, -0.25) is 4.79 Å². The molecule has 1 atom stereocenters. The van der Waals surface area contributed by atoms with Crippen LogP contribution in [0.4, 0.5) is 0 Å². The fourth-order valence-electron chi connectivity index (χ4n) is 2.57. The van der Waals surface area contributed by atoms with E-state index in [4.69, 9.17) is 10.5 Å². The van der Waals surface area contributed by atoms with Gasteiger partial charge in [-0.05, 0) is 62.4 Å². The van der Waals surface area contributed by atoms with E-state index in [1.165, 1.54) is 24.8 Å². The van der Waals surface area contributed by atoms with E-state index in [0.29, 0.717) is 11.7 Å². The molecular formula is C16H24N2O2. The van der Waals surface area contributed by atoms with Gasteiger partial charge in [0.2, 0.25) is 5.91 Å². The number of aryl methyl sites for hydroxylation is 1. The van der Waals surface area contributed by atoms with Crippen LogP contribution in [0.15, 0.2) is 18.2 Å². The molecule has 0 bridgehead atoms. The van der Waals surface area contributed by atoms with Gasteiger partial charge in [-0.15, -0.1) is 0 Å². The van der Waals surface area contributed by atoms with Crippen LogP contribution in [0.5, 0.6) is 0 Å². The summed E-state index contributed by atoms with van der Waals surface area (Å²) >= 11 is 0. The monoisotopic (exact) mass is 276 g/mol. The van der Waals surface area contributed by atoms with E-state index in [2.05, 4.69) is 5.32 Å². The fraction of sp³-hybridized carbons (Fsp3) is 0.562. The van der Waals surface area contributed by atoms with Crippen molar-refractivity contribution in [2.45, 2.75) is 45.3 Å². The first-order valence-electron chi connectivity index (χ1n) is 7.38. The molecule has 3 N–H and O–H groups in total. The normalized spacial score (nSPS) is 18.9. The number of carbonyl (C=O) groups excluding carboxylic acids is 1. The zero-order valence-electron chi connectivity index (χ0n) is 12.2. The number of carbonyl (C=O) groups is 1. The van der Waals surface area contributed by atoms with Crippen LogP contribution < -0.4 is 11.1 Å². The Hall–Kier alpha value is -1.39. The maximum absolute atomic E-state index is 11.1. The largest absolute Gasteiger partial charge is 0.378 e. The zero-order valence-corrected chi connectivity index (χ0v) is 12.2. The second kappa shape index (κ2) is 7.41. The molecule has 4 nitrogen and oxygen atoms in total. The quantitative estimate of drug-likeness (QED) is 0.782. The molecule has 1 aromatic rings. The van der Waals surface area contributed by atoms with Crippen LogP contribution in [-0.2, 0) is 11.3 Å². The summed E-state index contributed by atoms with van der Waals surface area (Å²) in [6.45, 7) is 4.70. The van der Waals surface area contributed by atoms with Gasteiger partial charge in [0.1, 0.15) is 0 Å². The number of hydrogen-bond acceptors (Lipinski definition) is 3. The Balaban J connectivity index is 1.74. The fourth-order valence-corrected chi connectivity index (χ4v) is 2.57. The second-order valence-corrected chi connectivity index (χ2v) is 5.46. The molecular weight excluding hydrogens is 252 g/mol. The van der Waals surface area contributed by atoms with Crippen LogP contribution in [0.2, 0.25) is 0 Å². The number of amides is 1. The van der Waals surface area contributed by atoms with Crippen molar-refractivity contribution in [2.24, 2.45) is 5.73 Å². The first-order valence-corrected chi connectivity index (χ1v) is 7.38. The third kappa shape index (κ3) is 4.32. The average Bonchev–Trinajstić information content (AvgIpc) is 2.46. The summed E-state index contributed by atoms with van der Waals surface area (Å²) in [6, 6.07) is 5.61. The standard InChI is InChI=1S/C16H24N2O2/c1-12-10-13(16(17)19)5-6-14(12)11-18-8-7-15-4-2-3-9-20-15/h5-6,10,15,18H,2-4,7-9,11H2,1H3,(H2,17,19). The Bertz CT molecular complexity index is 454. The molecule has 1 aromatic carbocycles. The van der Waals surface area contributed by atoms with Crippen molar-refractivity contribution < 1.29 is 9.53 Å². The third-order valence-electron chi connectivity index (χ3n) is 3.86. The van der Waals surface area contributed by atoms with Crippen molar-refractivity contribution in [1.29, 1.82) is 0 Å². The smallest absolute Gasteiger partial charge is 0.248 e. The lowest BCUT2D eigenvalue weighted by Gasteiger charge is -2.22. The van der Waals surface area contributed by atoms with Crippen molar-refractivity contribution in [2.75, 3.05) is 13.2 Å². The molecule has 0 saturated carbocycles. The summed E-state index contributed by atoms with van der Waals surface area (Å²) in [7, 11) is 0. The number of rotatable bonds is 6. The molecule has 2 rings (SSSR count). The minimum absolute atomic E-state index is 0.373. The average molecular weight is 276 g/mol. The van der Waals surface area contributed by atoms with Crippen LogP contribution in [0.3, 0.4) is 0 Å². The molecule has 110 valence electrons. The van der Waals surface area contributed by atoms with E-state index >= 15 is 0 Å². The first kappa shape index (κ1) is 15.0. The summed E-state index contributed by atoms with van der Waals surface area (Å²) in [4.78, 5) is 11.1. The molecule has 1 unspecified atom stereocenters. The van der Waals surface area contributed by atoms with Gasteiger partial charge >= 0.3 is 0 Å². The minimum atomic E-state index is -0.373. The topological polar surface area (TPSA) is 64.4 Å². The third-order valence-corrected chi connectivity index (χ3v) is 3.86. The molecule has 0 radical (unpaired) electrons. The summed E-state index contributed by atoms with van der Waals surface area (Å²) in [6.07, 6.45) is 5.18. The van der Waals surface area contributed by atoms with Crippen LogP contribution in [0.25, 0.3) is 0 Å². The second-order valence-electron chi connectivity index (χ2n) is 5.46. The van der Waals surface area contributed by atoms with Gasteiger partial charge in [0.05, 0.1) is 6.10 Å². The number of nitrogens with two attached hydrogens (primary N) is 1. The van der Waals surface area contributed by atoms with E-state index < -0.39 is 0 Å². The molecule has 1 saturated heterocycles. The highest BCUT2D eigenvalue weighted by molar-refractivity contribution is 5.93. The van der Waals surface area contributed by atoms with E-state index in [1.807, 2.05) is 19.1 Å². The van der Waals surface area contributed by atoms with Crippen molar-refractivity contribution >= 4 is 5.91 Å². The molecule has 1 heterocycles. The van der Waals surface area contributed by atoms with Crippen LogP contribution >= 0.6 is 0 Å². The molecule has 1 fully saturated rings. The molecule has 0 aliphatic carbocycles. The maximum Gasteiger partial charge on any atom is 0.248 e. The predicted molar refractivity (Wildman–Crippen MR) is 79.6 cm³/mol. The van der Waals surface area contributed by atoms with Crippen molar-refractivity contribution in [3.63, 3.8) is 0 Å². The van der Waals surface area contributed by atoms with Crippen molar-refractivity contribution in [3.8, 4) is 0 Å². The highest BCUT2D eigenvalue weighted by atomic mass is 16.5. The van der Waals surface area contributed by atoms with E-state index in [0.717, 1.165) is 31.7 Å². The lowest BCUT2D eigenvalue weighted by molar-refractivity contribution is 0.0115. The van der Waals surface area contributed by atoms with E-state index in [9.17, 15) is 4.79 Å². The Kier molecular flexibility index (Phi) is 5.56. The van der Waals surface area contributed by atoms with Crippen LogP contribution in [0, 0.1) is 6.92 Å². The van der Waals surface area contributed by atoms with Gasteiger partial charge in [-0.25, -0.2) is 0 Å². The van der Waals surface area contributed by atoms with Gasteiger partial charge < -0.3 is 15.8 Å². The Morgan fingerprint density at radius 1 is 1.45 bits per heavy atom. The number of benzene rings is 1. The van der Waals surface area contributed by atoms with Gasteiger partial charge in [-0.1, -0.05) is 6.07 Å². The minimum Gasteiger partial charge on any atom is -0.378 e. The Morgan fingerprint density at radius 2 is 2.30 bits per heavy atom. The summed E-state index contributed by atoms with van der Waals surface area (Å²) in [5, 5.41) is 3.44. The Morgan fingerprint density at radius 3 is 2.95 bits per heavy atom. The van der Waals surface area contributed by atoms with Gasteiger partial charge in [-0.2, -0.15) is 0 Å². The van der Waals surface area contributed by atoms with Gasteiger partial charge in [0.25, 0.3) is 0 Å². The molecule has 0 spiro atoms. The van der Waals surface area contributed by atoms with E-state index in [-0.39, 0.29) is 5.91 Å². The lowest BCUT2D eigenvalue weighted by atomic mass is 10.0. The van der Waals surface area contributed by atoms with Crippen LogP contribution in [-0.4, -0.2) is 25.2 Å². The molecule has 1 amide bonds. The summed E-state index contributed by atoms with van der Waals surface area (Å²) in [5.41, 5.74) is 8.15. The first-order chi connectivity index (χ1) is 9.66. The lowest BCUT2D eigenvalue weighted by Crippen LogP contribution is -2.25. The van der Waals surface area contributed by atoms with Crippen molar-refractivity contribution in [1.82, 2.24) is 5.32 Å². The zero-order chi connectivity index (χ0) is 14.4. The highest BCUT2D eigenvalue weighted by Gasteiger charge is 2.12. The SMILES string of the molecule is Cc1cc(C(N)=O)ccc1CNCCC1CCCCO1. The predicted octanol–water partition coefficient (Wildman–Crippen LogP) is 2.14. The molecule has 4 heteroatoms. The molecule has 0 aromatic heterocycles. The van der Waals surface area contributed by atoms with E-state index in [1.54, 1.807) is 6.07 Å². The molecule has 1 aliphatic heterocycles. The summed E-state index contributed by atoms with van der Waals surface area (Å²) < 4.78 is 5.70. The van der Waals surface area contributed by atoms with Gasteiger partial charge in [0.15, 0.2) is 0 Å².